The maximum Gasteiger partial charge on any atom is 0.295 e. The fourth-order valence-electron chi connectivity index (χ4n) is 2.38. The van der Waals surface area contributed by atoms with Gasteiger partial charge in [0, 0.05) is 21.2 Å². The number of carbonyl (C=O) groups excluding carboxylic acids is 2. The van der Waals surface area contributed by atoms with E-state index in [4.69, 9.17) is 0 Å². The van der Waals surface area contributed by atoms with Crippen LogP contribution in [0.15, 0.2) is 45.8 Å². The van der Waals surface area contributed by atoms with Crippen LogP contribution in [-0.4, -0.2) is 24.5 Å². The highest BCUT2D eigenvalue weighted by atomic mass is 79.9. The Morgan fingerprint density at radius 1 is 0.857 bits per heavy atom. The second-order valence-electron chi connectivity index (χ2n) is 4.47. The summed E-state index contributed by atoms with van der Waals surface area (Å²) in [4.78, 5) is 24.5. The molecule has 0 heterocycles. The maximum absolute atomic E-state index is 12.6. The minimum absolute atomic E-state index is 0.0271. The fourth-order valence-corrected chi connectivity index (χ4v) is 3.64. The van der Waals surface area contributed by atoms with Crippen LogP contribution >= 0.6 is 15.9 Å². The van der Waals surface area contributed by atoms with Crippen molar-refractivity contribution < 1.29 is 22.6 Å². The third kappa shape index (κ3) is 2.05. The summed E-state index contributed by atoms with van der Waals surface area (Å²) in [5.41, 5.74) is -0.00872. The van der Waals surface area contributed by atoms with E-state index in [1.54, 1.807) is 12.1 Å². The standard InChI is InChI=1S/C14H7BrO5S/c15-9-5-1-3-7-11(9)14(17)12-8(13(7)16)4-2-6-10(12)21(18,19)20/h1-6H,(H,18,19,20). The van der Waals surface area contributed by atoms with Crippen molar-refractivity contribution in [3.8, 4) is 0 Å². The Hall–Kier alpha value is -1.83. The number of hydrogen-bond donors (Lipinski definition) is 1. The molecule has 21 heavy (non-hydrogen) atoms. The molecule has 0 spiro atoms. The van der Waals surface area contributed by atoms with Gasteiger partial charge >= 0.3 is 0 Å². The molecule has 0 fully saturated rings. The molecule has 0 saturated carbocycles. The summed E-state index contributed by atoms with van der Waals surface area (Å²) in [7, 11) is -4.60. The Kier molecular flexibility index (Phi) is 3.09. The first-order valence-corrected chi connectivity index (χ1v) is 8.04. The highest BCUT2D eigenvalue weighted by Crippen LogP contribution is 2.34. The Morgan fingerprint density at radius 3 is 2.05 bits per heavy atom. The second kappa shape index (κ2) is 4.59. The van der Waals surface area contributed by atoms with Gasteiger partial charge in [0.05, 0.1) is 5.56 Å². The highest BCUT2D eigenvalue weighted by molar-refractivity contribution is 9.10. The third-order valence-electron chi connectivity index (χ3n) is 3.26. The van der Waals surface area contributed by atoms with Gasteiger partial charge in [0.2, 0.25) is 0 Å². The van der Waals surface area contributed by atoms with Gasteiger partial charge in [-0.15, -0.1) is 0 Å². The van der Waals surface area contributed by atoms with Gasteiger partial charge in [0.15, 0.2) is 11.6 Å². The average Bonchev–Trinajstić information content (AvgIpc) is 2.43. The molecule has 0 saturated heterocycles. The molecule has 3 rings (SSSR count). The van der Waals surface area contributed by atoms with Crippen molar-refractivity contribution in [1.82, 2.24) is 0 Å². The first kappa shape index (κ1) is 14.1. The Balaban J connectivity index is 2.43. The summed E-state index contributed by atoms with van der Waals surface area (Å²) < 4.78 is 32.5. The SMILES string of the molecule is O=C1c2cccc(Br)c2C(=O)c2c1cccc2S(=O)(=O)O. The van der Waals surface area contributed by atoms with Gasteiger partial charge in [-0.25, -0.2) is 0 Å². The van der Waals surface area contributed by atoms with E-state index >= 15 is 0 Å². The van der Waals surface area contributed by atoms with Crippen LogP contribution in [0.4, 0.5) is 0 Å². The van der Waals surface area contributed by atoms with E-state index in [1.807, 2.05) is 0 Å². The van der Waals surface area contributed by atoms with Crippen LogP contribution in [0.3, 0.4) is 0 Å². The minimum Gasteiger partial charge on any atom is -0.289 e. The van der Waals surface area contributed by atoms with Crippen molar-refractivity contribution >= 4 is 37.6 Å². The summed E-state index contributed by atoms with van der Waals surface area (Å²) in [6.07, 6.45) is 0. The largest absolute Gasteiger partial charge is 0.295 e. The fraction of sp³-hybridized carbons (Fsp3) is 0. The first-order chi connectivity index (χ1) is 9.82. The molecule has 0 unspecified atom stereocenters. The van der Waals surface area contributed by atoms with Gasteiger partial charge in [0.25, 0.3) is 10.1 Å². The number of hydrogen-bond acceptors (Lipinski definition) is 4. The van der Waals surface area contributed by atoms with E-state index in [0.717, 1.165) is 6.07 Å². The van der Waals surface area contributed by atoms with Gasteiger partial charge in [-0.05, 0) is 12.1 Å². The summed E-state index contributed by atoms with van der Waals surface area (Å²) >= 11 is 3.19. The molecule has 0 amide bonds. The third-order valence-corrected chi connectivity index (χ3v) is 4.82. The van der Waals surface area contributed by atoms with Crippen LogP contribution in [-0.2, 0) is 10.1 Å². The molecule has 0 aromatic heterocycles. The zero-order chi connectivity index (χ0) is 15.4. The molecule has 5 nitrogen and oxygen atoms in total. The van der Waals surface area contributed by atoms with Crippen molar-refractivity contribution in [1.29, 1.82) is 0 Å². The molecule has 2 aromatic rings. The van der Waals surface area contributed by atoms with Gasteiger partial charge in [-0.1, -0.05) is 40.2 Å². The van der Waals surface area contributed by atoms with Crippen LogP contribution in [0, 0.1) is 0 Å². The lowest BCUT2D eigenvalue weighted by Crippen LogP contribution is -2.24. The molecule has 0 atom stereocenters. The van der Waals surface area contributed by atoms with E-state index in [1.165, 1.54) is 18.2 Å². The summed E-state index contributed by atoms with van der Waals surface area (Å²) in [6.45, 7) is 0. The van der Waals surface area contributed by atoms with Crippen LogP contribution < -0.4 is 0 Å². The summed E-state index contributed by atoms with van der Waals surface area (Å²) in [5.74, 6) is -1.06. The molecule has 1 aliphatic carbocycles. The predicted octanol–water partition coefficient (Wildman–Crippen LogP) is 2.47. The molecule has 2 aromatic carbocycles. The van der Waals surface area contributed by atoms with Crippen LogP contribution in [0.1, 0.15) is 31.8 Å². The van der Waals surface area contributed by atoms with E-state index < -0.39 is 26.6 Å². The summed E-state index contributed by atoms with van der Waals surface area (Å²) in [5, 5.41) is 0. The van der Waals surface area contributed by atoms with Gasteiger partial charge in [-0.2, -0.15) is 8.42 Å². The van der Waals surface area contributed by atoms with Crippen molar-refractivity contribution in [2.75, 3.05) is 0 Å². The van der Waals surface area contributed by atoms with Gasteiger partial charge in [-0.3, -0.25) is 14.1 Å². The maximum atomic E-state index is 12.6. The molecule has 0 radical (unpaired) electrons. The molecule has 1 aliphatic rings. The van der Waals surface area contributed by atoms with Crippen molar-refractivity contribution in [2.24, 2.45) is 0 Å². The predicted molar refractivity (Wildman–Crippen MR) is 77.3 cm³/mol. The molecule has 106 valence electrons. The van der Waals surface area contributed by atoms with Gasteiger partial charge < -0.3 is 0 Å². The zero-order valence-electron chi connectivity index (χ0n) is 10.3. The lowest BCUT2D eigenvalue weighted by Gasteiger charge is -2.19. The highest BCUT2D eigenvalue weighted by Gasteiger charge is 2.35. The molecular formula is C14H7BrO5S. The normalized spacial score (nSPS) is 13.8. The van der Waals surface area contributed by atoms with Crippen LogP contribution in [0.2, 0.25) is 0 Å². The van der Waals surface area contributed by atoms with Crippen molar-refractivity contribution in [2.45, 2.75) is 4.90 Å². The number of benzene rings is 2. The quantitative estimate of drug-likeness (QED) is 0.668. The average molecular weight is 367 g/mol. The Labute approximate surface area is 128 Å². The van der Waals surface area contributed by atoms with Crippen LogP contribution in [0.5, 0.6) is 0 Å². The molecule has 0 bridgehead atoms. The molecule has 7 heteroatoms. The number of carbonyl (C=O) groups is 2. The molecule has 0 aliphatic heterocycles. The zero-order valence-corrected chi connectivity index (χ0v) is 12.7. The second-order valence-corrected chi connectivity index (χ2v) is 6.72. The number of ketones is 2. The van der Waals surface area contributed by atoms with Gasteiger partial charge in [0.1, 0.15) is 4.90 Å². The van der Waals surface area contributed by atoms with E-state index in [-0.39, 0.29) is 22.3 Å². The Morgan fingerprint density at radius 2 is 1.43 bits per heavy atom. The lowest BCUT2D eigenvalue weighted by atomic mass is 9.84. The molecular weight excluding hydrogens is 360 g/mol. The molecule has 1 N–H and O–H groups in total. The topological polar surface area (TPSA) is 88.5 Å². The number of rotatable bonds is 1. The number of halogens is 1. The monoisotopic (exact) mass is 366 g/mol. The minimum atomic E-state index is -4.60. The first-order valence-electron chi connectivity index (χ1n) is 5.81. The summed E-state index contributed by atoms with van der Waals surface area (Å²) in [6, 6.07) is 8.49. The van der Waals surface area contributed by atoms with Crippen molar-refractivity contribution in [3.63, 3.8) is 0 Å². The van der Waals surface area contributed by atoms with E-state index in [9.17, 15) is 22.6 Å². The lowest BCUT2D eigenvalue weighted by molar-refractivity contribution is 0.0976. The number of fused-ring (bicyclic) bond motifs is 2. The van der Waals surface area contributed by atoms with E-state index in [2.05, 4.69) is 15.9 Å². The van der Waals surface area contributed by atoms with E-state index in [0.29, 0.717) is 4.47 Å². The smallest absolute Gasteiger partial charge is 0.289 e. The van der Waals surface area contributed by atoms with Crippen LogP contribution in [0.25, 0.3) is 0 Å². The van der Waals surface area contributed by atoms with Crippen molar-refractivity contribution in [3.05, 3.63) is 63.1 Å². The Bertz CT molecular complexity index is 915.